The Hall–Kier alpha value is -1.06. The van der Waals surface area contributed by atoms with Crippen LogP contribution < -0.4 is 5.73 Å². The van der Waals surface area contributed by atoms with Crippen molar-refractivity contribution < 1.29 is 0 Å². The zero-order chi connectivity index (χ0) is 13.6. The van der Waals surface area contributed by atoms with Gasteiger partial charge in [0.05, 0.1) is 11.0 Å². The number of nitrogens with two attached hydrogens (primary N) is 1. The van der Waals surface area contributed by atoms with Crippen LogP contribution >= 0.6 is 11.6 Å². The monoisotopic (exact) mass is 277 g/mol. The van der Waals surface area contributed by atoms with Crippen LogP contribution in [-0.2, 0) is 12.0 Å². The standard InChI is InChI=1S/C15H20ClN3/c1-3-19-12-9-10(16)6-7-11(12)18-14(19)15(2)8-4-5-13(15)17/h6-7,9,13H,3-5,8,17H2,1-2H3. The molecule has 3 nitrogen and oxygen atoms in total. The minimum Gasteiger partial charge on any atom is -0.328 e. The van der Waals surface area contributed by atoms with Gasteiger partial charge in [-0.15, -0.1) is 0 Å². The van der Waals surface area contributed by atoms with Crippen molar-refractivity contribution in [3.63, 3.8) is 0 Å². The molecule has 1 aliphatic carbocycles. The number of benzene rings is 1. The molecule has 2 aromatic rings. The van der Waals surface area contributed by atoms with Crippen molar-refractivity contribution in [2.24, 2.45) is 5.73 Å². The molecule has 1 heterocycles. The molecule has 0 aliphatic heterocycles. The molecule has 1 fully saturated rings. The summed E-state index contributed by atoms with van der Waals surface area (Å²) in [5.74, 6) is 1.12. The summed E-state index contributed by atoms with van der Waals surface area (Å²) in [7, 11) is 0. The summed E-state index contributed by atoms with van der Waals surface area (Å²) in [4.78, 5) is 4.85. The third kappa shape index (κ3) is 1.87. The van der Waals surface area contributed by atoms with Crippen molar-refractivity contribution in [1.29, 1.82) is 0 Å². The molecule has 0 saturated heterocycles. The van der Waals surface area contributed by atoms with Gasteiger partial charge >= 0.3 is 0 Å². The average Bonchev–Trinajstić information content (AvgIpc) is 2.91. The number of rotatable bonds is 2. The van der Waals surface area contributed by atoms with Crippen molar-refractivity contribution >= 4 is 22.6 Å². The minimum atomic E-state index is -0.0124. The van der Waals surface area contributed by atoms with Crippen LogP contribution in [0.1, 0.15) is 38.9 Å². The summed E-state index contributed by atoms with van der Waals surface area (Å²) < 4.78 is 2.27. The molecule has 2 unspecified atom stereocenters. The molecular formula is C15H20ClN3. The van der Waals surface area contributed by atoms with E-state index in [2.05, 4.69) is 18.4 Å². The van der Waals surface area contributed by atoms with Gasteiger partial charge in [0.15, 0.2) is 0 Å². The summed E-state index contributed by atoms with van der Waals surface area (Å²) in [6.45, 7) is 5.30. The Labute approximate surface area is 118 Å². The second-order valence-electron chi connectivity index (χ2n) is 5.73. The lowest BCUT2D eigenvalue weighted by atomic mass is 9.84. The van der Waals surface area contributed by atoms with E-state index in [1.54, 1.807) is 0 Å². The Morgan fingerprint density at radius 3 is 2.95 bits per heavy atom. The van der Waals surface area contributed by atoms with Gasteiger partial charge in [0, 0.05) is 23.0 Å². The number of aryl methyl sites for hydroxylation is 1. The molecule has 1 aromatic heterocycles. The summed E-state index contributed by atoms with van der Waals surface area (Å²) in [5, 5.41) is 0.759. The van der Waals surface area contributed by atoms with E-state index in [1.165, 1.54) is 6.42 Å². The maximum Gasteiger partial charge on any atom is 0.117 e. The predicted molar refractivity (Wildman–Crippen MR) is 79.6 cm³/mol. The zero-order valence-electron chi connectivity index (χ0n) is 11.5. The Bertz CT molecular complexity index is 619. The number of imidazole rings is 1. The number of nitrogens with zero attached hydrogens (tertiary/aromatic N) is 2. The minimum absolute atomic E-state index is 0.0124. The second-order valence-corrected chi connectivity index (χ2v) is 6.17. The van der Waals surface area contributed by atoms with Crippen molar-refractivity contribution in [2.75, 3.05) is 0 Å². The Morgan fingerprint density at radius 1 is 1.53 bits per heavy atom. The first-order chi connectivity index (χ1) is 9.06. The van der Waals surface area contributed by atoms with Crippen molar-refractivity contribution in [3.05, 3.63) is 29.0 Å². The summed E-state index contributed by atoms with van der Waals surface area (Å²) in [6, 6.07) is 6.10. The average molecular weight is 278 g/mol. The third-order valence-electron chi connectivity index (χ3n) is 4.57. The first-order valence-corrected chi connectivity index (χ1v) is 7.36. The molecule has 1 aliphatic rings. The molecule has 1 aromatic carbocycles. The van der Waals surface area contributed by atoms with E-state index in [1.807, 2.05) is 18.2 Å². The van der Waals surface area contributed by atoms with Crippen LogP contribution in [0, 0.1) is 0 Å². The van der Waals surface area contributed by atoms with Crippen LogP contribution in [0.15, 0.2) is 18.2 Å². The van der Waals surface area contributed by atoms with Crippen molar-refractivity contribution in [2.45, 2.75) is 51.1 Å². The van der Waals surface area contributed by atoms with Gasteiger partial charge < -0.3 is 10.3 Å². The second kappa shape index (κ2) is 4.50. The summed E-state index contributed by atoms with van der Waals surface area (Å²) >= 11 is 6.11. The zero-order valence-corrected chi connectivity index (χ0v) is 12.2. The highest BCUT2D eigenvalue weighted by Gasteiger charge is 2.41. The van der Waals surface area contributed by atoms with E-state index in [0.717, 1.165) is 41.3 Å². The fourth-order valence-corrected chi connectivity index (χ4v) is 3.49. The van der Waals surface area contributed by atoms with Gasteiger partial charge in [-0.2, -0.15) is 0 Å². The van der Waals surface area contributed by atoms with E-state index in [-0.39, 0.29) is 11.5 Å². The maximum atomic E-state index is 6.34. The largest absolute Gasteiger partial charge is 0.328 e. The van der Waals surface area contributed by atoms with Crippen LogP contribution in [0.25, 0.3) is 11.0 Å². The smallest absolute Gasteiger partial charge is 0.117 e. The maximum absolute atomic E-state index is 6.34. The molecule has 2 N–H and O–H groups in total. The van der Waals surface area contributed by atoms with Crippen LogP contribution in [0.4, 0.5) is 0 Å². The molecule has 0 radical (unpaired) electrons. The Balaban J connectivity index is 2.23. The molecule has 2 atom stereocenters. The van der Waals surface area contributed by atoms with E-state index in [0.29, 0.717) is 0 Å². The first-order valence-electron chi connectivity index (χ1n) is 6.98. The number of aromatic nitrogens is 2. The third-order valence-corrected chi connectivity index (χ3v) is 4.80. The predicted octanol–water partition coefficient (Wildman–Crippen LogP) is 3.48. The first kappa shape index (κ1) is 12.9. The quantitative estimate of drug-likeness (QED) is 0.913. The lowest BCUT2D eigenvalue weighted by Crippen LogP contribution is -2.40. The molecule has 1 saturated carbocycles. The van der Waals surface area contributed by atoms with Crippen molar-refractivity contribution in [3.8, 4) is 0 Å². The Morgan fingerprint density at radius 2 is 2.32 bits per heavy atom. The number of fused-ring (bicyclic) bond motifs is 1. The van der Waals surface area contributed by atoms with Gasteiger partial charge in [-0.25, -0.2) is 4.98 Å². The van der Waals surface area contributed by atoms with Crippen LogP contribution in [0.2, 0.25) is 5.02 Å². The van der Waals surface area contributed by atoms with E-state index >= 15 is 0 Å². The molecule has 0 spiro atoms. The lowest BCUT2D eigenvalue weighted by Gasteiger charge is -2.29. The number of hydrogen-bond donors (Lipinski definition) is 1. The van der Waals surface area contributed by atoms with Gasteiger partial charge in [-0.1, -0.05) is 24.9 Å². The van der Waals surface area contributed by atoms with Gasteiger partial charge in [0.1, 0.15) is 5.82 Å². The summed E-state index contributed by atoms with van der Waals surface area (Å²) in [5.41, 5.74) is 8.46. The highest BCUT2D eigenvalue weighted by atomic mass is 35.5. The number of halogens is 1. The molecule has 102 valence electrons. The van der Waals surface area contributed by atoms with Gasteiger partial charge in [-0.05, 0) is 38.0 Å². The van der Waals surface area contributed by atoms with E-state index in [9.17, 15) is 0 Å². The molecule has 4 heteroatoms. The SMILES string of the molecule is CCn1c(C2(C)CCCC2N)nc2ccc(Cl)cc21. The molecular weight excluding hydrogens is 258 g/mol. The summed E-state index contributed by atoms with van der Waals surface area (Å²) in [6.07, 6.45) is 3.39. The molecule has 0 amide bonds. The van der Waals surface area contributed by atoms with Gasteiger partial charge in [0.25, 0.3) is 0 Å². The van der Waals surface area contributed by atoms with E-state index < -0.39 is 0 Å². The van der Waals surface area contributed by atoms with Crippen LogP contribution in [0.3, 0.4) is 0 Å². The van der Waals surface area contributed by atoms with Gasteiger partial charge in [-0.3, -0.25) is 0 Å². The highest BCUT2D eigenvalue weighted by molar-refractivity contribution is 6.31. The highest BCUT2D eigenvalue weighted by Crippen LogP contribution is 2.40. The molecule has 19 heavy (non-hydrogen) atoms. The normalized spacial score (nSPS) is 27.3. The van der Waals surface area contributed by atoms with Crippen molar-refractivity contribution in [1.82, 2.24) is 9.55 Å². The fraction of sp³-hybridized carbons (Fsp3) is 0.533. The molecule has 0 bridgehead atoms. The van der Waals surface area contributed by atoms with E-state index in [4.69, 9.17) is 22.3 Å². The lowest BCUT2D eigenvalue weighted by molar-refractivity contribution is 0.389. The fourth-order valence-electron chi connectivity index (χ4n) is 3.32. The molecule has 3 rings (SSSR count). The van der Waals surface area contributed by atoms with Crippen LogP contribution in [0.5, 0.6) is 0 Å². The van der Waals surface area contributed by atoms with Gasteiger partial charge in [0.2, 0.25) is 0 Å². The topological polar surface area (TPSA) is 43.8 Å². The number of hydrogen-bond acceptors (Lipinski definition) is 2. The Kier molecular flexibility index (Phi) is 3.06. The van der Waals surface area contributed by atoms with Crippen LogP contribution in [-0.4, -0.2) is 15.6 Å².